The smallest absolute Gasteiger partial charge is 0.338 e. The van der Waals surface area contributed by atoms with Gasteiger partial charge in [0.25, 0.3) is 0 Å². The van der Waals surface area contributed by atoms with Gasteiger partial charge in [-0.25, -0.2) is 14.8 Å². The predicted octanol–water partition coefficient (Wildman–Crippen LogP) is 1.24. The molecule has 0 atom stereocenters. The van der Waals surface area contributed by atoms with Gasteiger partial charge in [0.2, 0.25) is 0 Å². The van der Waals surface area contributed by atoms with Crippen LogP contribution in [0.3, 0.4) is 0 Å². The number of nitrogens with zero attached hydrogens (tertiary/aromatic N) is 2. The molecule has 0 fully saturated rings. The average Bonchev–Trinajstić information content (AvgIpc) is 2.71. The van der Waals surface area contributed by atoms with E-state index in [1.54, 1.807) is 7.11 Å². The van der Waals surface area contributed by atoms with Crippen LogP contribution >= 0.6 is 0 Å². The molecule has 2 N–H and O–H groups in total. The van der Waals surface area contributed by atoms with Crippen molar-refractivity contribution in [2.45, 2.75) is 12.8 Å². The second kappa shape index (κ2) is 4.92. The average molecular weight is 235 g/mol. The maximum absolute atomic E-state index is 11.0. The molecule has 0 aliphatic heterocycles. The van der Waals surface area contributed by atoms with Gasteiger partial charge >= 0.3 is 5.97 Å². The third-order valence-electron chi connectivity index (χ3n) is 2.43. The van der Waals surface area contributed by atoms with Crippen LogP contribution < -0.4 is 0 Å². The van der Waals surface area contributed by atoms with Gasteiger partial charge < -0.3 is 14.8 Å². The minimum Gasteiger partial charge on any atom is -0.478 e. The zero-order chi connectivity index (χ0) is 12.3. The standard InChI is InChI=1S/C11H13N3O3/c1-17-6-2-3-8-13-9-7(11(15)16)4-5-12-10(9)14-8/h4-5H,2-3,6H2,1H3,(H,15,16)(H,12,13,14). The van der Waals surface area contributed by atoms with Crippen molar-refractivity contribution >= 4 is 17.1 Å². The Labute approximate surface area is 97.7 Å². The highest BCUT2D eigenvalue weighted by Crippen LogP contribution is 2.14. The number of pyridine rings is 1. The van der Waals surface area contributed by atoms with Gasteiger partial charge in [-0.05, 0) is 12.5 Å². The first kappa shape index (κ1) is 11.5. The number of carbonyl (C=O) groups is 1. The van der Waals surface area contributed by atoms with Gasteiger partial charge in [-0.3, -0.25) is 0 Å². The second-order valence-electron chi connectivity index (χ2n) is 3.64. The lowest BCUT2D eigenvalue weighted by Crippen LogP contribution is -1.98. The Balaban J connectivity index is 2.30. The van der Waals surface area contributed by atoms with E-state index in [0.717, 1.165) is 12.2 Å². The van der Waals surface area contributed by atoms with Gasteiger partial charge in [0.1, 0.15) is 5.82 Å². The number of fused-ring (bicyclic) bond motifs is 1. The van der Waals surface area contributed by atoms with Crippen molar-refractivity contribution in [2.75, 3.05) is 13.7 Å². The summed E-state index contributed by atoms with van der Waals surface area (Å²) in [5.74, 6) is -0.247. The molecule has 0 aliphatic rings. The molecule has 6 nitrogen and oxygen atoms in total. The molecule has 6 heteroatoms. The quantitative estimate of drug-likeness (QED) is 0.761. The number of rotatable bonds is 5. The van der Waals surface area contributed by atoms with Gasteiger partial charge in [0.05, 0.1) is 11.1 Å². The van der Waals surface area contributed by atoms with Crippen LogP contribution in [0.15, 0.2) is 12.3 Å². The van der Waals surface area contributed by atoms with Crippen LogP contribution in [-0.4, -0.2) is 39.7 Å². The lowest BCUT2D eigenvalue weighted by atomic mass is 10.2. The maximum atomic E-state index is 11.0. The molecule has 17 heavy (non-hydrogen) atoms. The molecule has 2 aromatic heterocycles. The third-order valence-corrected chi connectivity index (χ3v) is 2.43. The number of carboxylic acid groups (broad SMARTS) is 1. The summed E-state index contributed by atoms with van der Waals surface area (Å²) in [6, 6.07) is 1.46. The van der Waals surface area contributed by atoms with Crippen molar-refractivity contribution in [3.05, 3.63) is 23.7 Å². The van der Waals surface area contributed by atoms with Crippen LogP contribution in [0.25, 0.3) is 11.2 Å². The van der Waals surface area contributed by atoms with E-state index in [4.69, 9.17) is 9.84 Å². The Hall–Kier alpha value is -1.95. The van der Waals surface area contributed by atoms with Gasteiger partial charge in [-0.15, -0.1) is 0 Å². The lowest BCUT2D eigenvalue weighted by molar-refractivity contribution is 0.0698. The predicted molar refractivity (Wildman–Crippen MR) is 61.0 cm³/mol. The molecular weight excluding hydrogens is 222 g/mol. The molecule has 2 aromatic rings. The van der Waals surface area contributed by atoms with Crippen molar-refractivity contribution in [1.29, 1.82) is 0 Å². The summed E-state index contributed by atoms with van der Waals surface area (Å²) in [7, 11) is 1.64. The molecule has 0 saturated heterocycles. The first-order valence-corrected chi connectivity index (χ1v) is 5.28. The van der Waals surface area contributed by atoms with Crippen LogP contribution in [0.4, 0.5) is 0 Å². The molecule has 0 saturated carbocycles. The molecule has 0 unspecified atom stereocenters. The number of aromatic carboxylic acids is 1. The number of aryl methyl sites for hydroxylation is 1. The largest absolute Gasteiger partial charge is 0.478 e. The molecule has 0 radical (unpaired) electrons. The number of ether oxygens (including phenoxy) is 1. The number of hydrogen-bond donors (Lipinski definition) is 2. The van der Waals surface area contributed by atoms with Gasteiger partial charge in [-0.1, -0.05) is 0 Å². The summed E-state index contributed by atoms with van der Waals surface area (Å²) in [6.45, 7) is 0.649. The fourth-order valence-electron chi connectivity index (χ4n) is 1.64. The number of imidazole rings is 1. The van der Waals surface area contributed by atoms with Crippen LogP contribution in [-0.2, 0) is 11.2 Å². The van der Waals surface area contributed by atoms with Crippen LogP contribution in [0.1, 0.15) is 22.6 Å². The minimum atomic E-state index is -0.982. The van der Waals surface area contributed by atoms with Crippen LogP contribution in [0.2, 0.25) is 0 Å². The Bertz CT molecular complexity index is 536. The second-order valence-corrected chi connectivity index (χ2v) is 3.64. The fourth-order valence-corrected chi connectivity index (χ4v) is 1.64. The summed E-state index contributed by atoms with van der Waals surface area (Å²) in [5, 5.41) is 9.01. The van der Waals surface area contributed by atoms with Crippen LogP contribution in [0, 0.1) is 0 Å². The van der Waals surface area contributed by atoms with E-state index in [-0.39, 0.29) is 5.56 Å². The molecule has 0 spiro atoms. The first-order valence-electron chi connectivity index (χ1n) is 5.28. The van der Waals surface area contributed by atoms with Gasteiger partial charge in [0.15, 0.2) is 5.65 Å². The maximum Gasteiger partial charge on any atom is 0.338 e. The topological polar surface area (TPSA) is 88.1 Å². The molecule has 0 aromatic carbocycles. The monoisotopic (exact) mass is 235 g/mol. The summed E-state index contributed by atoms with van der Waals surface area (Å²) < 4.78 is 4.95. The van der Waals surface area contributed by atoms with Crippen molar-refractivity contribution in [1.82, 2.24) is 15.0 Å². The molecule has 2 heterocycles. The summed E-state index contributed by atoms with van der Waals surface area (Å²) in [4.78, 5) is 22.3. The van der Waals surface area contributed by atoms with Crippen molar-refractivity contribution in [3.8, 4) is 0 Å². The zero-order valence-corrected chi connectivity index (χ0v) is 9.43. The Morgan fingerprint density at radius 3 is 3.12 bits per heavy atom. The highest BCUT2D eigenvalue weighted by molar-refractivity contribution is 5.99. The highest BCUT2D eigenvalue weighted by Gasteiger charge is 2.12. The Morgan fingerprint density at radius 2 is 2.41 bits per heavy atom. The number of methoxy groups -OCH3 is 1. The van der Waals surface area contributed by atoms with Crippen LogP contribution in [0.5, 0.6) is 0 Å². The normalized spacial score (nSPS) is 10.9. The number of aromatic amines is 1. The number of hydrogen-bond acceptors (Lipinski definition) is 4. The van der Waals surface area contributed by atoms with E-state index < -0.39 is 5.97 Å². The van der Waals surface area contributed by atoms with E-state index in [0.29, 0.717) is 24.2 Å². The summed E-state index contributed by atoms with van der Waals surface area (Å²) in [5.41, 5.74) is 1.12. The van der Waals surface area contributed by atoms with E-state index in [1.165, 1.54) is 12.3 Å². The summed E-state index contributed by atoms with van der Waals surface area (Å²) >= 11 is 0. The lowest BCUT2D eigenvalue weighted by Gasteiger charge is -1.95. The summed E-state index contributed by atoms with van der Waals surface area (Å²) in [6.07, 6.45) is 2.99. The number of aromatic nitrogens is 3. The van der Waals surface area contributed by atoms with E-state index in [2.05, 4.69) is 15.0 Å². The van der Waals surface area contributed by atoms with Gasteiger partial charge in [-0.2, -0.15) is 0 Å². The fraction of sp³-hybridized carbons (Fsp3) is 0.364. The first-order chi connectivity index (χ1) is 8.22. The molecule has 2 rings (SSSR count). The molecule has 0 bridgehead atoms. The SMILES string of the molecule is COCCCc1nc2nccc(C(=O)O)c2[nH]1. The molecule has 0 aliphatic carbocycles. The highest BCUT2D eigenvalue weighted by atomic mass is 16.5. The van der Waals surface area contributed by atoms with Gasteiger partial charge in [0, 0.05) is 26.3 Å². The number of carboxylic acids is 1. The third kappa shape index (κ3) is 2.42. The van der Waals surface area contributed by atoms with E-state index in [1.807, 2.05) is 0 Å². The van der Waals surface area contributed by atoms with Crippen molar-refractivity contribution in [3.63, 3.8) is 0 Å². The Morgan fingerprint density at radius 1 is 1.59 bits per heavy atom. The molecular formula is C11H13N3O3. The molecule has 0 amide bonds. The minimum absolute atomic E-state index is 0.195. The number of H-pyrrole nitrogens is 1. The zero-order valence-electron chi connectivity index (χ0n) is 9.43. The molecule has 90 valence electrons. The van der Waals surface area contributed by atoms with E-state index >= 15 is 0 Å². The Kier molecular flexibility index (Phi) is 3.34. The van der Waals surface area contributed by atoms with E-state index in [9.17, 15) is 4.79 Å². The number of nitrogens with one attached hydrogen (secondary N) is 1. The van der Waals surface area contributed by atoms with Crippen molar-refractivity contribution in [2.24, 2.45) is 0 Å². The van der Waals surface area contributed by atoms with Crippen molar-refractivity contribution < 1.29 is 14.6 Å².